The molecule has 0 fully saturated rings. The van der Waals surface area contributed by atoms with Gasteiger partial charge in [0.25, 0.3) is 5.82 Å². The molecule has 0 saturated carbocycles. The van der Waals surface area contributed by atoms with Crippen molar-refractivity contribution < 1.29 is 9.14 Å². The highest BCUT2D eigenvalue weighted by atomic mass is 15.2. The molecule has 4 aromatic rings. The predicted octanol–water partition coefficient (Wildman–Crippen LogP) is 11.5. The topological polar surface area (TPSA) is 11.8 Å². The summed E-state index contributed by atoms with van der Waals surface area (Å²) in [5.74, 6) is 2.12. The van der Waals surface area contributed by atoms with Crippen molar-refractivity contribution >= 4 is 17.8 Å². The Morgan fingerprint density at radius 2 is 1.48 bits per heavy atom. The quantitative estimate of drug-likeness (QED) is 0.0681. The second-order valence-corrected chi connectivity index (χ2v) is 14.2. The van der Waals surface area contributed by atoms with Crippen molar-refractivity contribution in [3.8, 4) is 17.1 Å². The van der Waals surface area contributed by atoms with E-state index in [-0.39, 0.29) is 5.92 Å². The molecular formula is C47H57N3+2. The van der Waals surface area contributed by atoms with Crippen LogP contribution >= 0.6 is 0 Å². The molecule has 0 saturated heterocycles. The van der Waals surface area contributed by atoms with Crippen molar-refractivity contribution in [1.82, 2.24) is 4.57 Å². The number of aromatic nitrogens is 2. The largest absolute Gasteiger partial charge is 0.295 e. The number of hydrogen-bond acceptors (Lipinski definition) is 0. The van der Waals surface area contributed by atoms with E-state index >= 15 is 0 Å². The Balaban J connectivity index is 1.94. The maximum absolute atomic E-state index is 4.38. The smallest absolute Gasteiger partial charge is 0.225 e. The highest BCUT2D eigenvalue weighted by molar-refractivity contribution is 5.81. The van der Waals surface area contributed by atoms with Crippen LogP contribution < -0.4 is 4.57 Å². The average molecular weight is 664 g/mol. The van der Waals surface area contributed by atoms with Crippen molar-refractivity contribution in [2.45, 2.75) is 66.7 Å². The van der Waals surface area contributed by atoms with Gasteiger partial charge in [-0.25, -0.2) is 9.14 Å². The molecule has 1 heterocycles. The summed E-state index contributed by atoms with van der Waals surface area (Å²) < 4.78 is 6.95. The minimum atomic E-state index is 0.196. The van der Waals surface area contributed by atoms with Gasteiger partial charge in [0.15, 0.2) is 23.8 Å². The average Bonchev–Trinajstić information content (AvgIpc) is 3.39. The van der Waals surface area contributed by atoms with Crippen LogP contribution in [0.15, 0.2) is 151 Å². The van der Waals surface area contributed by atoms with Crippen LogP contribution in [0.25, 0.3) is 28.1 Å². The number of para-hydroxylation sites is 3. The number of rotatable bonds is 15. The van der Waals surface area contributed by atoms with Gasteiger partial charge in [0.2, 0.25) is 0 Å². The molecule has 0 radical (unpaired) electrons. The molecule has 0 amide bonds. The highest BCUT2D eigenvalue weighted by Gasteiger charge is 2.32. The molecule has 1 aromatic heterocycles. The third-order valence-corrected chi connectivity index (χ3v) is 9.51. The van der Waals surface area contributed by atoms with Gasteiger partial charge < -0.3 is 0 Å². The Morgan fingerprint density at radius 1 is 0.840 bits per heavy atom. The van der Waals surface area contributed by atoms with Crippen molar-refractivity contribution in [2.24, 2.45) is 13.0 Å². The molecule has 0 spiro atoms. The first kappa shape index (κ1) is 37.8. The summed E-state index contributed by atoms with van der Waals surface area (Å²) in [6.45, 7) is 32.8. The van der Waals surface area contributed by atoms with Crippen LogP contribution in [0, 0.1) is 5.92 Å². The van der Waals surface area contributed by atoms with E-state index in [4.69, 9.17) is 0 Å². The van der Waals surface area contributed by atoms with Crippen LogP contribution in [-0.2, 0) is 13.5 Å². The van der Waals surface area contributed by atoms with Crippen LogP contribution in [0.5, 0.6) is 0 Å². The fourth-order valence-corrected chi connectivity index (χ4v) is 6.56. The lowest BCUT2D eigenvalue weighted by molar-refractivity contribution is -0.633. The molecule has 3 nitrogen and oxygen atoms in total. The lowest BCUT2D eigenvalue weighted by Crippen LogP contribution is -2.31. The number of benzene rings is 3. The first-order chi connectivity index (χ1) is 23.8. The molecular weight excluding hydrogens is 607 g/mol. The Labute approximate surface area is 302 Å². The van der Waals surface area contributed by atoms with Gasteiger partial charge in [0.1, 0.15) is 12.4 Å². The van der Waals surface area contributed by atoms with Gasteiger partial charge in [-0.3, -0.25) is 0 Å². The molecule has 3 aromatic carbocycles. The van der Waals surface area contributed by atoms with Crippen LogP contribution in [0.2, 0.25) is 0 Å². The van der Waals surface area contributed by atoms with E-state index in [0.29, 0.717) is 11.8 Å². The van der Waals surface area contributed by atoms with E-state index < -0.39 is 0 Å². The van der Waals surface area contributed by atoms with Crippen LogP contribution in [0.1, 0.15) is 77.0 Å². The van der Waals surface area contributed by atoms with Gasteiger partial charge in [-0.2, -0.15) is 4.57 Å². The lowest BCUT2D eigenvalue weighted by Gasteiger charge is -2.20. The van der Waals surface area contributed by atoms with Gasteiger partial charge in [0, 0.05) is 23.1 Å². The van der Waals surface area contributed by atoms with Crippen molar-refractivity contribution in [3.05, 3.63) is 168 Å². The Kier molecular flexibility index (Phi) is 12.9. The molecule has 0 N–H and O–H groups in total. The second-order valence-electron chi connectivity index (χ2n) is 14.2. The Bertz CT molecular complexity index is 1990. The van der Waals surface area contributed by atoms with Gasteiger partial charge in [-0.05, 0) is 73.9 Å². The van der Waals surface area contributed by atoms with Crippen molar-refractivity contribution in [3.63, 3.8) is 0 Å². The van der Waals surface area contributed by atoms with E-state index in [1.807, 2.05) is 35.9 Å². The molecule has 3 heteroatoms. The minimum Gasteiger partial charge on any atom is -0.225 e. The van der Waals surface area contributed by atoms with Gasteiger partial charge in [-0.1, -0.05) is 137 Å². The lowest BCUT2D eigenvalue weighted by atomic mass is 9.89. The minimum absolute atomic E-state index is 0.196. The number of allylic oxidation sites excluding steroid dienone is 9. The summed E-state index contributed by atoms with van der Waals surface area (Å²) in [6, 6.07) is 24.6. The van der Waals surface area contributed by atoms with Crippen LogP contribution in [0.4, 0.5) is 0 Å². The van der Waals surface area contributed by atoms with Crippen molar-refractivity contribution in [2.75, 3.05) is 6.54 Å². The van der Waals surface area contributed by atoms with Gasteiger partial charge in [-0.15, -0.1) is 0 Å². The fraction of sp³-hybridized carbons (Fsp3) is 0.277. The van der Waals surface area contributed by atoms with Gasteiger partial charge in [0.05, 0.1) is 12.6 Å². The summed E-state index contributed by atoms with van der Waals surface area (Å²) in [5.41, 5.74) is 13.4. The number of nitrogens with zero attached hydrogens (tertiary/aromatic N) is 3. The zero-order valence-electron chi connectivity index (χ0n) is 31.7. The number of imidazole rings is 1. The fourth-order valence-electron chi connectivity index (χ4n) is 6.56. The molecule has 0 aliphatic rings. The summed E-state index contributed by atoms with van der Waals surface area (Å²) in [5, 5.41) is 0. The Morgan fingerprint density at radius 3 is 2.12 bits per heavy atom. The first-order valence-corrected chi connectivity index (χ1v) is 17.8. The molecule has 0 aliphatic heterocycles. The monoisotopic (exact) mass is 663 g/mol. The highest BCUT2D eigenvalue weighted by Crippen LogP contribution is 2.37. The molecule has 1 unspecified atom stereocenters. The molecule has 1 atom stereocenters. The molecule has 50 heavy (non-hydrogen) atoms. The summed E-state index contributed by atoms with van der Waals surface area (Å²) in [4.78, 5) is 0. The molecule has 4 rings (SSSR count). The van der Waals surface area contributed by atoms with Crippen molar-refractivity contribution in [1.29, 1.82) is 0 Å². The zero-order chi connectivity index (χ0) is 36.5. The van der Waals surface area contributed by atoms with E-state index in [1.54, 1.807) is 6.08 Å². The molecule has 258 valence electrons. The Hall–Kier alpha value is -5.02. The van der Waals surface area contributed by atoms with E-state index in [1.165, 1.54) is 50.4 Å². The summed E-state index contributed by atoms with van der Waals surface area (Å²) in [7, 11) is 2.21. The number of fused-ring (bicyclic) bond motifs is 1. The van der Waals surface area contributed by atoms with Crippen LogP contribution in [0.3, 0.4) is 0 Å². The normalized spacial score (nSPS) is 13.2. The maximum Gasteiger partial charge on any atom is 0.295 e. The molecule has 0 aliphatic carbocycles. The number of aryl methyl sites for hydroxylation is 1. The van der Waals surface area contributed by atoms with Gasteiger partial charge >= 0.3 is 0 Å². The van der Waals surface area contributed by atoms with E-state index in [2.05, 4.69) is 163 Å². The predicted molar refractivity (Wildman–Crippen MR) is 217 cm³/mol. The van der Waals surface area contributed by atoms with E-state index in [0.717, 1.165) is 29.7 Å². The van der Waals surface area contributed by atoms with E-state index in [9.17, 15) is 0 Å². The maximum atomic E-state index is 4.38. The zero-order valence-corrected chi connectivity index (χ0v) is 31.7. The summed E-state index contributed by atoms with van der Waals surface area (Å²) >= 11 is 0. The first-order valence-electron chi connectivity index (χ1n) is 17.8. The second kappa shape index (κ2) is 17.1. The number of hydrogen-bond donors (Lipinski definition) is 0. The van der Waals surface area contributed by atoms with Crippen LogP contribution in [-0.4, -0.2) is 22.4 Å². The SMILES string of the molecule is C=CC=CC(=C)C(C)=CC=C(C)C(Cc1ccccc1-c1n(-c2c(C(C)C)cccc2C(C)C)c2ccccc2[n+]1C)C[N+](=C)C=CC(=C)C. The summed E-state index contributed by atoms with van der Waals surface area (Å²) in [6.07, 6.45) is 15.0. The third-order valence-electron chi connectivity index (χ3n) is 9.51. The standard InChI is InChI=1S/C47H57N3/c1-13-14-20-36(8)37(9)27-28-38(10)40(32-48(11)30-29-33(2)3)31-39-21-15-16-22-43(39)47-49(12)44-25-17-18-26-45(44)50(47)46-41(34(4)5)23-19-24-42(46)35(6)7/h13-30,34-35,40H,1-2,8,11,31-32H2,3-7,9-10,12H3/q+2. The molecule has 0 bridgehead atoms. The third kappa shape index (κ3) is 8.76.